The molecule has 0 unspecified atom stereocenters. The monoisotopic (exact) mass is 377 g/mol. The molecule has 0 saturated carbocycles. The first-order valence-corrected chi connectivity index (χ1v) is 7.21. The largest absolute Gasteiger partial charge is 0.337 e. The van der Waals surface area contributed by atoms with E-state index in [2.05, 4.69) is 21.2 Å². The number of carbonyl (C=O) groups excluding carboxylic acids is 1. The van der Waals surface area contributed by atoms with Gasteiger partial charge in [0.1, 0.15) is 0 Å². The van der Waals surface area contributed by atoms with Crippen LogP contribution >= 0.6 is 28.3 Å². The minimum absolute atomic E-state index is 0. The van der Waals surface area contributed by atoms with Gasteiger partial charge in [0.05, 0.1) is 11.3 Å². The molecular formula is C13H17BrClN3O3. The summed E-state index contributed by atoms with van der Waals surface area (Å²) in [4.78, 5) is 24.4. The highest BCUT2D eigenvalue weighted by Crippen LogP contribution is 2.24. The van der Waals surface area contributed by atoms with Gasteiger partial charge in [-0.2, -0.15) is 0 Å². The fourth-order valence-electron chi connectivity index (χ4n) is 2.27. The highest BCUT2D eigenvalue weighted by molar-refractivity contribution is 9.10. The van der Waals surface area contributed by atoms with Crippen LogP contribution < -0.4 is 5.32 Å². The Labute approximate surface area is 137 Å². The van der Waals surface area contributed by atoms with Crippen LogP contribution in [0.15, 0.2) is 22.7 Å². The zero-order valence-electron chi connectivity index (χ0n) is 11.5. The average molecular weight is 379 g/mol. The Morgan fingerprint density at radius 3 is 2.86 bits per heavy atom. The molecule has 2 rings (SSSR count). The summed E-state index contributed by atoms with van der Waals surface area (Å²) in [6, 6.07) is 4.67. The molecule has 0 bridgehead atoms. The van der Waals surface area contributed by atoms with E-state index in [1.165, 1.54) is 12.1 Å². The van der Waals surface area contributed by atoms with E-state index in [0.717, 1.165) is 18.7 Å². The van der Waals surface area contributed by atoms with Gasteiger partial charge in [-0.25, -0.2) is 0 Å². The number of hydrogen-bond acceptors (Lipinski definition) is 4. The van der Waals surface area contributed by atoms with Gasteiger partial charge in [-0.1, -0.05) is 22.0 Å². The summed E-state index contributed by atoms with van der Waals surface area (Å²) >= 11 is 3.30. The van der Waals surface area contributed by atoms with Gasteiger partial charge in [0.2, 0.25) is 5.91 Å². The van der Waals surface area contributed by atoms with Crippen LogP contribution in [0.3, 0.4) is 0 Å². The van der Waals surface area contributed by atoms with Crippen molar-refractivity contribution in [2.75, 3.05) is 19.6 Å². The first-order valence-electron chi connectivity index (χ1n) is 6.42. The summed E-state index contributed by atoms with van der Waals surface area (Å²) < 4.78 is 0.600. The van der Waals surface area contributed by atoms with E-state index in [0.29, 0.717) is 11.0 Å². The first-order chi connectivity index (χ1) is 9.49. The summed E-state index contributed by atoms with van der Waals surface area (Å²) in [7, 11) is 0. The maximum atomic E-state index is 12.3. The molecule has 1 N–H and O–H groups in total. The number of nitro groups is 1. The van der Waals surface area contributed by atoms with Crippen LogP contribution in [0, 0.1) is 10.1 Å². The molecule has 1 amide bonds. The molecule has 0 aliphatic carbocycles. The Balaban J connectivity index is 0.00000220. The Morgan fingerprint density at radius 2 is 2.29 bits per heavy atom. The molecule has 0 spiro atoms. The smallest absolute Gasteiger partial charge is 0.270 e. The molecule has 6 nitrogen and oxygen atoms in total. The maximum Gasteiger partial charge on any atom is 0.270 e. The molecule has 1 heterocycles. The fourth-order valence-corrected chi connectivity index (χ4v) is 2.78. The van der Waals surface area contributed by atoms with Crippen LogP contribution in [0.4, 0.5) is 5.69 Å². The molecule has 8 heteroatoms. The zero-order chi connectivity index (χ0) is 14.7. The molecule has 21 heavy (non-hydrogen) atoms. The summed E-state index contributed by atoms with van der Waals surface area (Å²) in [6.45, 7) is 4.31. The van der Waals surface area contributed by atoms with Crippen LogP contribution in [-0.4, -0.2) is 41.4 Å². The van der Waals surface area contributed by atoms with Gasteiger partial charge >= 0.3 is 0 Å². The van der Waals surface area contributed by atoms with Crippen LogP contribution in [0.2, 0.25) is 0 Å². The lowest BCUT2D eigenvalue weighted by Crippen LogP contribution is -2.52. The second kappa shape index (κ2) is 7.72. The SMILES string of the molecule is C[C@@H]1CNCCN1C(=O)Cc1ccc([N+](=O)[O-])cc1Br.Cl. The molecule has 0 aromatic heterocycles. The normalized spacial score (nSPS) is 18.0. The predicted octanol–water partition coefficient (Wildman–Crippen LogP) is 2.14. The van der Waals surface area contributed by atoms with Crippen molar-refractivity contribution >= 4 is 39.9 Å². The van der Waals surface area contributed by atoms with Crippen molar-refractivity contribution in [1.82, 2.24) is 10.2 Å². The number of nitrogens with one attached hydrogen (secondary N) is 1. The number of benzene rings is 1. The molecule has 1 saturated heterocycles. The molecular weight excluding hydrogens is 362 g/mol. The molecule has 1 aliphatic heterocycles. The minimum Gasteiger partial charge on any atom is -0.337 e. The van der Waals surface area contributed by atoms with E-state index in [9.17, 15) is 14.9 Å². The van der Waals surface area contributed by atoms with E-state index in [-0.39, 0.29) is 36.5 Å². The number of piperazine rings is 1. The van der Waals surface area contributed by atoms with Crippen molar-refractivity contribution in [2.24, 2.45) is 0 Å². The van der Waals surface area contributed by atoms with Crippen molar-refractivity contribution in [3.8, 4) is 0 Å². The molecule has 1 atom stereocenters. The van der Waals surface area contributed by atoms with Crippen molar-refractivity contribution in [3.05, 3.63) is 38.3 Å². The van der Waals surface area contributed by atoms with Gasteiger partial charge in [0, 0.05) is 42.3 Å². The third-order valence-corrected chi connectivity index (χ3v) is 4.15. The van der Waals surface area contributed by atoms with Crippen LogP contribution in [0.1, 0.15) is 12.5 Å². The number of non-ortho nitro benzene ring substituents is 1. The summed E-state index contributed by atoms with van der Waals surface area (Å²) in [5.41, 5.74) is 0.787. The lowest BCUT2D eigenvalue weighted by atomic mass is 10.1. The lowest BCUT2D eigenvalue weighted by molar-refractivity contribution is -0.384. The van der Waals surface area contributed by atoms with Crippen LogP contribution in [0.25, 0.3) is 0 Å². The number of rotatable bonds is 3. The lowest BCUT2D eigenvalue weighted by Gasteiger charge is -2.34. The predicted molar refractivity (Wildman–Crippen MR) is 85.8 cm³/mol. The van der Waals surface area contributed by atoms with E-state index < -0.39 is 4.92 Å². The summed E-state index contributed by atoms with van der Waals surface area (Å²) in [5, 5.41) is 13.9. The van der Waals surface area contributed by atoms with E-state index in [1.54, 1.807) is 6.07 Å². The average Bonchev–Trinajstić information content (AvgIpc) is 2.41. The Hall–Kier alpha value is -1.18. The molecule has 1 aliphatic rings. The van der Waals surface area contributed by atoms with Gasteiger partial charge in [0.15, 0.2) is 0 Å². The fraction of sp³-hybridized carbons (Fsp3) is 0.462. The zero-order valence-corrected chi connectivity index (χ0v) is 13.9. The number of nitro benzene ring substituents is 1. The maximum absolute atomic E-state index is 12.3. The second-order valence-corrected chi connectivity index (χ2v) is 5.70. The summed E-state index contributed by atoms with van der Waals surface area (Å²) in [5.74, 6) is 0.0496. The number of amides is 1. The number of hydrogen-bond donors (Lipinski definition) is 1. The minimum atomic E-state index is -0.450. The Kier molecular flexibility index (Phi) is 6.57. The summed E-state index contributed by atoms with van der Waals surface area (Å²) in [6.07, 6.45) is 0.253. The van der Waals surface area contributed by atoms with E-state index in [4.69, 9.17) is 0 Å². The third kappa shape index (κ3) is 4.39. The first kappa shape index (κ1) is 17.9. The molecule has 0 radical (unpaired) electrons. The van der Waals surface area contributed by atoms with Crippen LogP contribution in [0.5, 0.6) is 0 Å². The Morgan fingerprint density at radius 1 is 1.57 bits per heavy atom. The van der Waals surface area contributed by atoms with Crippen molar-refractivity contribution < 1.29 is 9.72 Å². The van der Waals surface area contributed by atoms with Crippen molar-refractivity contribution in [1.29, 1.82) is 0 Å². The standard InChI is InChI=1S/C13H16BrN3O3.ClH/c1-9-8-15-4-5-16(9)13(18)6-10-2-3-11(17(19)20)7-12(10)14;/h2-3,7,9,15H,4-6,8H2,1H3;1H/t9-;/m1./s1. The van der Waals surface area contributed by atoms with Crippen molar-refractivity contribution in [3.63, 3.8) is 0 Å². The highest BCUT2D eigenvalue weighted by atomic mass is 79.9. The Bertz CT molecular complexity index is 541. The third-order valence-electron chi connectivity index (χ3n) is 3.41. The molecule has 1 aromatic carbocycles. The van der Waals surface area contributed by atoms with Gasteiger partial charge in [-0.05, 0) is 12.5 Å². The van der Waals surface area contributed by atoms with Gasteiger partial charge in [-0.15, -0.1) is 12.4 Å². The van der Waals surface area contributed by atoms with Crippen molar-refractivity contribution in [2.45, 2.75) is 19.4 Å². The van der Waals surface area contributed by atoms with E-state index in [1.807, 2.05) is 11.8 Å². The number of carbonyl (C=O) groups is 1. The van der Waals surface area contributed by atoms with Gasteiger partial charge in [0.25, 0.3) is 5.69 Å². The van der Waals surface area contributed by atoms with Crippen LogP contribution in [-0.2, 0) is 11.2 Å². The van der Waals surface area contributed by atoms with E-state index >= 15 is 0 Å². The molecule has 116 valence electrons. The van der Waals surface area contributed by atoms with Gasteiger partial charge < -0.3 is 10.2 Å². The quantitative estimate of drug-likeness (QED) is 0.646. The number of halogens is 2. The molecule has 1 aromatic rings. The highest BCUT2D eigenvalue weighted by Gasteiger charge is 2.23. The second-order valence-electron chi connectivity index (χ2n) is 4.85. The van der Waals surface area contributed by atoms with Gasteiger partial charge in [-0.3, -0.25) is 14.9 Å². The number of nitrogens with zero attached hydrogens (tertiary/aromatic N) is 2. The molecule has 1 fully saturated rings. The topological polar surface area (TPSA) is 75.5 Å².